The molecule has 2 aromatic rings. The Kier molecular flexibility index (Phi) is 10.3. The van der Waals surface area contributed by atoms with Gasteiger partial charge in [-0.15, -0.1) is 35.3 Å². The number of rotatable bonds is 8. The highest BCUT2D eigenvalue weighted by Crippen LogP contribution is 2.11. The van der Waals surface area contributed by atoms with Crippen LogP contribution in [0.4, 0.5) is 0 Å². The van der Waals surface area contributed by atoms with Gasteiger partial charge in [-0.25, -0.2) is 9.98 Å². The molecule has 0 aliphatic heterocycles. The van der Waals surface area contributed by atoms with Crippen LogP contribution in [0.5, 0.6) is 0 Å². The lowest BCUT2D eigenvalue weighted by Gasteiger charge is -2.11. The number of nitrogens with one attached hydrogen (secondary N) is 3. The number of furan rings is 1. The summed E-state index contributed by atoms with van der Waals surface area (Å²) in [5.41, 5.74) is 0.842. The summed E-state index contributed by atoms with van der Waals surface area (Å²) in [4.78, 5) is 21.9. The van der Waals surface area contributed by atoms with E-state index in [0.29, 0.717) is 25.4 Å². The lowest BCUT2D eigenvalue weighted by atomic mass is 10.2. The van der Waals surface area contributed by atoms with Crippen molar-refractivity contribution in [3.8, 4) is 0 Å². The smallest absolute Gasteiger partial charge is 0.287 e. The Morgan fingerprint density at radius 3 is 2.65 bits per heavy atom. The first-order valence-corrected chi connectivity index (χ1v) is 9.17. The van der Waals surface area contributed by atoms with E-state index < -0.39 is 0 Å². The normalized spacial score (nSPS) is 11.0. The minimum atomic E-state index is -0.179. The van der Waals surface area contributed by atoms with Crippen LogP contribution in [-0.4, -0.2) is 36.5 Å². The second kappa shape index (κ2) is 11.9. The number of nitrogens with zero attached hydrogens (tertiary/aromatic N) is 2. The van der Waals surface area contributed by atoms with Crippen LogP contribution in [0, 0.1) is 13.8 Å². The van der Waals surface area contributed by atoms with E-state index in [2.05, 4.69) is 25.9 Å². The summed E-state index contributed by atoms with van der Waals surface area (Å²) in [6.07, 6.45) is 4.17. The van der Waals surface area contributed by atoms with E-state index in [1.54, 1.807) is 17.4 Å². The molecule has 1 amide bonds. The van der Waals surface area contributed by atoms with Gasteiger partial charge in [0.15, 0.2) is 11.7 Å². The SMILES string of the molecule is CCNC(=NCc1ncc(C)s1)NCCCNC(=O)c1occc1C.I. The number of amides is 1. The summed E-state index contributed by atoms with van der Waals surface area (Å²) in [5, 5.41) is 10.3. The molecule has 9 heteroatoms. The fourth-order valence-electron chi connectivity index (χ4n) is 2.15. The summed E-state index contributed by atoms with van der Waals surface area (Å²) in [5.74, 6) is 0.951. The van der Waals surface area contributed by atoms with Crippen LogP contribution in [0.25, 0.3) is 0 Å². The third-order valence-electron chi connectivity index (χ3n) is 3.39. The van der Waals surface area contributed by atoms with E-state index in [4.69, 9.17) is 4.42 Å². The molecule has 0 spiro atoms. The van der Waals surface area contributed by atoms with Crippen LogP contribution in [0.2, 0.25) is 0 Å². The van der Waals surface area contributed by atoms with Crippen molar-refractivity contribution < 1.29 is 9.21 Å². The van der Waals surface area contributed by atoms with Gasteiger partial charge in [0, 0.05) is 36.3 Å². The lowest BCUT2D eigenvalue weighted by molar-refractivity contribution is 0.0925. The summed E-state index contributed by atoms with van der Waals surface area (Å²) < 4.78 is 5.17. The van der Waals surface area contributed by atoms with Gasteiger partial charge in [0.05, 0.1) is 12.8 Å². The molecule has 0 bridgehead atoms. The molecule has 0 unspecified atom stereocenters. The molecule has 0 radical (unpaired) electrons. The molecule has 0 saturated carbocycles. The molecule has 3 N–H and O–H groups in total. The maximum atomic E-state index is 11.9. The molecule has 0 saturated heterocycles. The molecular weight excluding hydrogens is 465 g/mol. The Morgan fingerprint density at radius 1 is 1.27 bits per heavy atom. The van der Waals surface area contributed by atoms with Gasteiger partial charge in [-0.2, -0.15) is 0 Å². The molecule has 2 aromatic heterocycles. The van der Waals surface area contributed by atoms with Gasteiger partial charge in [-0.05, 0) is 33.3 Å². The minimum absolute atomic E-state index is 0. The van der Waals surface area contributed by atoms with Gasteiger partial charge in [-0.3, -0.25) is 4.79 Å². The molecule has 0 aliphatic rings. The monoisotopic (exact) mass is 491 g/mol. The van der Waals surface area contributed by atoms with Crippen LogP contribution in [0.15, 0.2) is 27.9 Å². The summed E-state index contributed by atoms with van der Waals surface area (Å²) in [7, 11) is 0. The van der Waals surface area contributed by atoms with Gasteiger partial charge < -0.3 is 20.4 Å². The van der Waals surface area contributed by atoms with E-state index in [0.717, 1.165) is 29.5 Å². The molecule has 0 aromatic carbocycles. The first kappa shape index (κ1) is 22.4. The number of aliphatic imine (C=N–C) groups is 1. The summed E-state index contributed by atoms with van der Waals surface area (Å²) in [6.45, 7) is 8.53. The summed E-state index contributed by atoms with van der Waals surface area (Å²) in [6, 6.07) is 1.78. The highest BCUT2D eigenvalue weighted by Gasteiger charge is 2.11. The maximum absolute atomic E-state index is 11.9. The highest BCUT2D eigenvalue weighted by atomic mass is 127. The quantitative estimate of drug-likeness (QED) is 0.229. The first-order chi connectivity index (χ1) is 12.1. The zero-order valence-corrected chi connectivity index (χ0v) is 18.4. The maximum Gasteiger partial charge on any atom is 0.287 e. The Hall–Kier alpha value is -1.62. The third-order valence-corrected chi connectivity index (χ3v) is 4.28. The van der Waals surface area contributed by atoms with E-state index >= 15 is 0 Å². The number of halogens is 1. The minimum Gasteiger partial charge on any atom is -0.459 e. The average molecular weight is 491 g/mol. The fourth-order valence-corrected chi connectivity index (χ4v) is 2.86. The van der Waals surface area contributed by atoms with Crippen molar-refractivity contribution >= 4 is 47.2 Å². The molecule has 144 valence electrons. The predicted octanol–water partition coefficient (Wildman–Crippen LogP) is 2.85. The van der Waals surface area contributed by atoms with Crippen LogP contribution >= 0.6 is 35.3 Å². The molecule has 2 rings (SSSR count). The molecule has 2 heterocycles. The van der Waals surface area contributed by atoms with Gasteiger partial charge in [0.25, 0.3) is 5.91 Å². The second-order valence-corrected chi connectivity index (χ2v) is 6.85. The number of carbonyl (C=O) groups is 1. The van der Waals surface area contributed by atoms with E-state index in [9.17, 15) is 4.79 Å². The van der Waals surface area contributed by atoms with Crippen molar-refractivity contribution in [3.05, 3.63) is 39.7 Å². The van der Waals surface area contributed by atoms with E-state index in [1.807, 2.05) is 27.0 Å². The number of guanidine groups is 1. The van der Waals surface area contributed by atoms with Crippen molar-refractivity contribution in [2.24, 2.45) is 4.99 Å². The third kappa shape index (κ3) is 7.32. The lowest BCUT2D eigenvalue weighted by Crippen LogP contribution is -2.38. The van der Waals surface area contributed by atoms with Gasteiger partial charge in [0.1, 0.15) is 5.01 Å². The molecule has 7 nitrogen and oxygen atoms in total. The van der Waals surface area contributed by atoms with Crippen molar-refractivity contribution in [3.63, 3.8) is 0 Å². The largest absolute Gasteiger partial charge is 0.459 e. The molecule has 0 atom stereocenters. The van der Waals surface area contributed by atoms with Gasteiger partial charge in [-0.1, -0.05) is 0 Å². The standard InChI is InChI=1S/C17H25N5O2S.HI/c1-4-18-17(22-11-14-21-10-13(3)25-14)20-8-5-7-19-16(23)15-12(2)6-9-24-15;/h6,9-10H,4-5,7-8,11H2,1-3H3,(H,19,23)(H2,18,20,22);1H. The number of aryl methyl sites for hydroxylation is 2. The van der Waals surface area contributed by atoms with Crippen molar-refractivity contribution in [2.75, 3.05) is 19.6 Å². The van der Waals surface area contributed by atoms with Gasteiger partial charge in [0.2, 0.25) is 0 Å². The zero-order chi connectivity index (χ0) is 18.1. The van der Waals surface area contributed by atoms with Crippen molar-refractivity contribution in [2.45, 2.75) is 33.7 Å². The molecule has 26 heavy (non-hydrogen) atoms. The van der Waals surface area contributed by atoms with Crippen LogP contribution in [-0.2, 0) is 6.54 Å². The number of aromatic nitrogens is 1. The molecular formula is C17H26IN5O2S. The van der Waals surface area contributed by atoms with E-state index in [-0.39, 0.29) is 29.9 Å². The Morgan fingerprint density at radius 2 is 2.04 bits per heavy atom. The Labute approximate surface area is 175 Å². The van der Waals surface area contributed by atoms with Crippen LogP contribution < -0.4 is 16.0 Å². The number of thiazole rings is 1. The first-order valence-electron chi connectivity index (χ1n) is 8.36. The van der Waals surface area contributed by atoms with Crippen LogP contribution in [0.3, 0.4) is 0 Å². The average Bonchev–Trinajstić information content (AvgIpc) is 3.20. The predicted molar refractivity (Wildman–Crippen MR) is 115 cm³/mol. The second-order valence-electron chi connectivity index (χ2n) is 5.53. The highest BCUT2D eigenvalue weighted by molar-refractivity contribution is 14.0. The van der Waals surface area contributed by atoms with Gasteiger partial charge >= 0.3 is 0 Å². The van der Waals surface area contributed by atoms with Crippen molar-refractivity contribution in [1.82, 2.24) is 20.9 Å². The van der Waals surface area contributed by atoms with E-state index in [1.165, 1.54) is 11.1 Å². The Balaban J connectivity index is 0.00000338. The summed E-state index contributed by atoms with van der Waals surface area (Å²) >= 11 is 1.65. The fraction of sp³-hybridized carbons (Fsp3) is 0.471. The number of hydrogen-bond donors (Lipinski definition) is 3. The topological polar surface area (TPSA) is 91.5 Å². The Bertz CT molecular complexity index is 714. The number of carbonyl (C=O) groups excluding carboxylic acids is 1. The van der Waals surface area contributed by atoms with Crippen LogP contribution in [0.1, 0.15) is 39.3 Å². The zero-order valence-electron chi connectivity index (χ0n) is 15.3. The molecule has 0 aliphatic carbocycles. The number of hydrogen-bond acceptors (Lipinski definition) is 5. The van der Waals surface area contributed by atoms with Crippen molar-refractivity contribution in [1.29, 1.82) is 0 Å². The molecule has 0 fully saturated rings.